The van der Waals surface area contributed by atoms with Gasteiger partial charge in [-0.2, -0.15) is 8.78 Å². The van der Waals surface area contributed by atoms with Crippen LogP contribution in [0.4, 0.5) is 13.2 Å². The molecular weight excluding hydrogens is 325 g/mol. The monoisotopic (exact) mass is 344 g/mol. The van der Waals surface area contributed by atoms with Crippen molar-refractivity contribution in [2.24, 2.45) is 5.92 Å². The summed E-state index contributed by atoms with van der Waals surface area (Å²) in [6, 6.07) is 7.63. The molecule has 1 rings (SSSR count). The molecule has 0 spiro atoms. The Morgan fingerprint density at radius 2 is 1.46 bits per heavy atom. The second-order valence-electron chi connectivity index (χ2n) is 4.86. The third-order valence-electron chi connectivity index (χ3n) is 3.30. The van der Waals surface area contributed by atoms with Crippen LogP contribution in [0.3, 0.4) is 0 Å². The summed E-state index contributed by atoms with van der Waals surface area (Å²) >= 11 is 0. The summed E-state index contributed by atoms with van der Waals surface area (Å²) in [6.45, 7) is 3.08. The molecule has 0 heterocycles. The Balaban J connectivity index is 3.18. The Kier molecular flexibility index (Phi) is 8.01. The number of esters is 2. The van der Waals surface area contributed by atoms with Crippen molar-refractivity contribution in [1.29, 1.82) is 0 Å². The molecule has 1 unspecified atom stereocenters. The Bertz CT molecular complexity index is 565. The van der Waals surface area contributed by atoms with Gasteiger partial charge in [0, 0.05) is 5.92 Å². The van der Waals surface area contributed by atoms with Crippen molar-refractivity contribution in [3.8, 4) is 0 Å². The Morgan fingerprint density at radius 3 is 1.88 bits per heavy atom. The maximum Gasteiger partial charge on any atom is 0.320 e. The van der Waals surface area contributed by atoms with Crippen molar-refractivity contribution in [1.82, 2.24) is 0 Å². The maximum atomic E-state index is 14.0. The average Bonchev–Trinajstić information content (AvgIpc) is 2.56. The molecule has 0 aliphatic rings. The van der Waals surface area contributed by atoms with Gasteiger partial charge in [0.2, 0.25) is 0 Å². The first-order chi connectivity index (χ1) is 11.4. The van der Waals surface area contributed by atoms with Crippen LogP contribution in [0, 0.1) is 5.92 Å². The zero-order valence-electron chi connectivity index (χ0n) is 13.4. The van der Waals surface area contributed by atoms with Crippen LogP contribution in [0.5, 0.6) is 0 Å². The van der Waals surface area contributed by atoms with Crippen molar-refractivity contribution in [3.63, 3.8) is 0 Å². The second-order valence-corrected chi connectivity index (χ2v) is 4.86. The lowest BCUT2D eigenvalue weighted by molar-refractivity contribution is -0.162. The third kappa shape index (κ3) is 5.40. The molecule has 1 aromatic rings. The van der Waals surface area contributed by atoms with E-state index in [1.54, 1.807) is 18.2 Å². The van der Waals surface area contributed by atoms with E-state index in [-0.39, 0.29) is 18.8 Å². The number of ether oxygens (including phenoxy) is 2. The van der Waals surface area contributed by atoms with Crippen LogP contribution in [0.15, 0.2) is 42.2 Å². The third-order valence-corrected chi connectivity index (χ3v) is 3.30. The van der Waals surface area contributed by atoms with Gasteiger partial charge in [-0.3, -0.25) is 9.59 Å². The number of hydrogen-bond donors (Lipinski definition) is 0. The summed E-state index contributed by atoms with van der Waals surface area (Å²) in [5.41, 5.74) is 0.224. The predicted octanol–water partition coefficient (Wildman–Crippen LogP) is 3.98. The van der Waals surface area contributed by atoms with Crippen LogP contribution < -0.4 is 0 Å². The molecular formula is C17H19F3O4. The number of rotatable bonds is 8. The zero-order valence-corrected chi connectivity index (χ0v) is 13.4. The zero-order chi connectivity index (χ0) is 18.1. The van der Waals surface area contributed by atoms with E-state index in [0.717, 1.165) is 0 Å². The summed E-state index contributed by atoms with van der Waals surface area (Å²) in [7, 11) is 0. The molecule has 0 aromatic heterocycles. The molecule has 0 aliphatic carbocycles. The smallest absolute Gasteiger partial charge is 0.320 e. The Hall–Kier alpha value is -2.31. The number of carbonyl (C=O) groups excluding carboxylic acids is 2. The predicted molar refractivity (Wildman–Crippen MR) is 80.9 cm³/mol. The van der Waals surface area contributed by atoms with Gasteiger partial charge in [-0.1, -0.05) is 30.3 Å². The van der Waals surface area contributed by atoms with Crippen LogP contribution in [0.2, 0.25) is 0 Å². The molecule has 0 N–H and O–H groups in total. The van der Waals surface area contributed by atoms with Gasteiger partial charge in [0.05, 0.1) is 13.2 Å². The fourth-order valence-corrected chi connectivity index (χ4v) is 2.21. The van der Waals surface area contributed by atoms with Gasteiger partial charge in [-0.05, 0) is 25.8 Å². The number of allylic oxidation sites excluding steroid dienone is 1. The molecule has 0 aliphatic heterocycles. The van der Waals surface area contributed by atoms with Crippen molar-refractivity contribution in [2.75, 3.05) is 13.2 Å². The molecule has 0 saturated heterocycles. The maximum absolute atomic E-state index is 14.0. The number of carbonyl (C=O) groups is 2. The van der Waals surface area contributed by atoms with E-state index >= 15 is 0 Å². The lowest BCUT2D eigenvalue weighted by Crippen LogP contribution is -2.30. The molecule has 0 fully saturated rings. The fraction of sp³-hybridized carbons (Fsp3) is 0.412. The van der Waals surface area contributed by atoms with Crippen LogP contribution in [-0.2, 0) is 19.1 Å². The lowest BCUT2D eigenvalue weighted by Gasteiger charge is -2.20. The van der Waals surface area contributed by atoms with Crippen molar-refractivity contribution in [2.45, 2.75) is 26.2 Å². The number of benzene rings is 1. The van der Waals surface area contributed by atoms with E-state index in [1.807, 2.05) is 0 Å². The molecule has 24 heavy (non-hydrogen) atoms. The van der Waals surface area contributed by atoms with Gasteiger partial charge < -0.3 is 9.47 Å². The molecule has 0 radical (unpaired) electrons. The average molecular weight is 344 g/mol. The van der Waals surface area contributed by atoms with Gasteiger partial charge in [-0.15, -0.1) is 0 Å². The largest absolute Gasteiger partial charge is 0.465 e. The normalized spacial score (nSPS) is 11.8. The first kappa shape index (κ1) is 19.7. The molecule has 0 amide bonds. The van der Waals surface area contributed by atoms with Crippen molar-refractivity contribution in [3.05, 3.63) is 47.8 Å². The quantitative estimate of drug-likeness (QED) is 0.529. The highest BCUT2D eigenvalue weighted by Gasteiger charge is 2.35. The molecule has 1 atom stereocenters. The van der Waals surface area contributed by atoms with E-state index in [9.17, 15) is 22.8 Å². The standard InChI is InChI=1S/C17H19F3O4/c1-3-23-16(21)13(17(22)24-4-2)10-12(14(18)15(19)20)11-8-6-5-7-9-11/h5-9,12-13H,3-4,10H2,1-2H3. The summed E-state index contributed by atoms with van der Waals surface area (Å²) in [5, 5.41) is 0. The number of halogens is 3. The highest BCUT2D eigenvalue weighted by atomic mass is 19.3. The highest BCUT2D eigenvalue weighted by Crippen LogP contribution is 2.35. The molecule has 132 valence electrons. The molecule has 0 bridgehead atoms. The van der Waals surface area contributed by atoms with Crippen LogP contribution >= 0.6 is 0 Å². The fourth-order valence-electron chi connectivity index (χ4n) is 2.21. The highest BCUT2D eigenvalue weighted by molar-refractivity contribution is 5.95. The first-order valence-electron chi connectivity index (χ1n) is 7.51. The molecule has 4 nitrogen and oxygen atoms in total. The van der Waals surface area contributed by atoms with Crippen molar-refractivity contribution >= 4 is 11.9 Å². The second kappa shape index (κ2) is 9.75. The molecule has 7 heteroatoms. The van der Waals surface area contributed by atoms with E-state index in [2.05, 4.69) is 0 Å². The van der Waals surface area contributed by atoms with E-state index in [4.69, 9.17) is 9.47 Å². The van der Waals surface area contributed by atoms with Gasteiger partial charge in [0.15, 0.2) is 11.7 Å². The van der Waals surface area contributed by atoms with E-state index in [1.165, 1.54) is 26.0 Å². The lowest BCUT2D eigenvalue weighted by atomic mass is 9.88. The minimum atomic E-state index is -2.49. The minimum absolute atomic E-state index is 0.000531. The summed E-state index contributed by atoms with van der Waals surface area (Å²) < 4.78 is 49.1. The van der Waals surface area contributed by atoms with Gasteiger partial charge in [0.1, 0.15) is 0 Å². The first-order valence-corrected chi connectivity index (χ1v) is 7.51. The Labute approximate surface area is 138 Å². The summed E-state index contributed by atoms with van der Waals surface area (Å²) in [6.07, 6.45) is -3.00. The van der Waals surface area contributed by atoms with E-state index < -0.39 is 42.1 Å². The van der Waals surface area contributed by atoms with Crippen LogP contribution in [0.25, 0.3) is 0 Å². The number of hydrogen-bond acceptors (Lipinski definition) is 4. The summed E-state index contributed by atoms with van der Waals surface area (Å²) in [4.78, 5) is 23.9. The molecule has 1 aromatic carbocycles. The van der Waals surface area contributed by atoms with Gasteiger partial charge in [0.25, 0.3) is 0 Å². The SMILES string of the molecule is CCOC(=O)C(CC(C(F)=C(F)F)c1ccccc1)C(=O)OCC. The Morgan fingerprint density at radius 1 is 0.958 bits per heavy atom. The van der Waals surface area contributed by atoms with Gasteiger partial charge in [-0.25, -0.2) is 4.39 Å². The van der Waals surface area contributed by atoms with Crippen LogP contribution in [-0.4, -0.2) is 25.2 Å². The molecule has 0 saturated carbocycles. The van der Waals surface area contributed by atoms with Gasteiger partial charge >= 0.3 is 18.0 Å². The van der Waals surface area contributed by atoms with Crippen molar-refractivity contribution < 1.29 is 32.2 Å². The topological polar surface area (TPSA) is 52.6 Å². The van der Waals surface area contributed by atoms with E-state index in [0.29, 0.717) is 0 Å². The summed E-state index contributed by atoms with van der Waals surface area (Å²) in [5.74, 6) is -6.47. The van der Waals surface area contributed by atoms with Crippen LogP contribution in [0.1, 0.15) is 31.7 Å². The minimum Gasteiger partial charge on any atom is -0.465 e.